The van der Waals surface area contributed by atoms with E-state index in [0.29, 0.717) is 19.5 Å². The predicted octanol–water partition coefficient (Wildman–Crippen LogP) is 1.21. The minimum absolute atomic E-state index is 0.0112. The summed E-state index contributed by atoms with van der Waals surface area (Å²) in [6.07, 6.45) is 1.44. The van der Waals surface area contributed by atoms with Crippen LogP contribution < -0.4 is 11.1 Å². The van der Waals surface area contributed by atoms with Crippen LogP contribution in [0.25, 0.3) is 0 Å². The first-order valence-corrected chi connectivity index (χ1v) is 5.31. The van der Waals surface area contributed by atoms with Crippen LogP contribution in [0.3, 0.4) is 0 Å². The van der Waals surface area contributed by atoms with Gasteiger partial charge in [0.25, 0.3) is 0 Å². The molecule has 0 saturated heterocycles. The topological polar surface area (TPSA) is 55.1 Å². The first kappa shape index (κ1) is 11.7. The second-order valence-electron chi connectivity index (χ2n) is 3.49. The van der Waals surface area contributed by atoms with Crippen LogP contribution in [0, 0.1) is 0 Å². The van der Waals surface area contributed by atoms with Gasteiger partial charge < -0.3 is 11.1 Å². The van der Waals surface area contributed by atoms with E-state index >= 15 is 0 Å². The fourth-order valence-electron chi connectivity index (χ4n) is 1.31. The monoisotopic (exact) mass is 206 g/mol. The Labute approximate surface area is 90.7 Å². The molecule has 0 aromatic heterocycles. The minimum Gasteiger partial charge on any atom is -0.352 e. The summed E-state index contributed by atoms with van der Waals surface area (Å²) in [7, 11) is 0. The van der Waals surface area contributed by atoms with Crippen LogP contribution in [0.4, 0.5) is 0 Å². The highest BCUT2D eigenvalue weighted by molar-refractivity contribution is 5.75. The molecule has 3 nitrogen and oxygen atoms in total. The maximum atomic E-state index is 11.1. The molecule has 0 aliphatic rings. The van der Waals surface area contributed by atoms with Crippen molar-refractivity contribution in [3.05, 3.63) is 35.4 Å². The van der Waals surface area contributed by atoms with E-state index in [2.05, 4.69) is 24.4 Å². The molecule has 0 atom stereocenters. The number of benzene rings is 1. The summed E-state index contributed by atoms with van der Waals surface area (Å²) in [6, 6.07) is 8.26. The Bertz CT molecular complexity index is 306. The van der Waals surface area contributed by atoms with Crippen LogP contribution in [0.5, 0.6) is 0 Å². The van der Waals surface area contributed by atoms with Crippen molar-refractivity contribution in [1.82, 2.24) is 5.32 Å². The third-order valence-corrected chi connectivity index (χ3v) is 2.29. The number of hydrogen-bond donors (Lipinski definition) is 2. The summed E-state index contributed by atoms with van der Waals surface area (Å²) < 4.78 is 0. The number of hydrogen-bond acceptors (Lipinski definition) is 2. The molecule has 0 unspecified atom stereocenters. The lowest BCUT2D eigenvalue weighted by Crippen LogP contribution is -2.24. The Balaban J connectivity index is 2.40. The van der Waals surface area contributed by atoms with Gasteiger partial charge in [0, 0.05) is 19.5 Å². The lowest BCUT2D eigenvalue weighted by molar-refractivity contribution is -0.121. The fourth-order valence-corrected chi connectivity index (χ4v) is 1.31. The fraction of sp³-hybridized carbons (Fsp3) is 0.417. The first-order valence-electron chi connectivity index (χ1n) is 5.31. The lowest BCUT2D eigenvalue weighted by atomic mass is 10.1. The zero-order chi connectivity index (χ0) is 11.1. The highest BCUT2D eigenvalue weighted by atomic mass is 16.1. The summed E-state index contributed by atoms with van der Waals surface area (Å²) in [5, 5.41) is 2.82. The average molecular weight is 206 g/mol. The van der Waals surface area contributed by atoms with Crippen LogP contribution in [0.1, 0.15) is 24.5 Å². The molecule has 3 N–H and O–H groups in total. The Morgan fingerprint density at radius 2 is 1.87 bits per heavy atom. The highest BCUT2D eigenvalue weighted by Gasteiger charge is 1.99. The Kier molecular flexibility index (Phi) is 4.84. The molecule has 1 aromatic carbocycles. The van der Waals surface area contributed by atoms with Crippen molar-refractivity contribution >= 4 is 5.91 Å². The van der Waals surface area contributed by atoms with Crippen LogP contribution >= 0.6 is 0 Å². The van der Waals surface area contributed by atoms with Crippen molar-refractivity contribution in [2.45, 2.75) is 26.3 Å². The van der Waals surface area contributed by atoms with Crippen molar-refractivity contribution in [2.75, 3.05) is 6.54 Å². The molecule has 82 valence electrons. The molecule has 3 heteroatoms. The van der Waals surface area contributed by atoms with E-state index in [1.807, 2.05) is 12.1 Å². The molecule has 0 bridgehead atoms. The third kappa shape index (κ3) is 4.13. The average Bonchev–Trinajstić information content (AvgIpc) is 2.27. The van der Waals surface area contributed by atoms with Gasteiger partial charge in [-0.25, -0.2) is 0 Å². The number of nitrogens with two attached hydrogens (primary N) is 1. The molecule has 1 amide bonds. The van der Waals surface area contributed by atoms with E-state index in [0.717, 1.165) is 12.0 Å². The molecule has 0 heterocycles. The quantitative estimate of drug-likeness (QED) is 0.761. The molecule has 1 aromatic rings. The number of amides is 1. The minimum atomic E-state index is 0.0112. The normalized spacial score (nSPS) is 10.0. The van der Waals surface area contributed by atoms with Gasteiger partial charge in [-0.1, -0.05) is 31.2 Å². The Morgan fingerprint density at radius 1 is 1.27 bits per heavy atom. The Hall–Kier alpha value is -1.35. The molecule has 1 rings (SSSR count). The number of nitrogens with one attached hydrogen (secondary N) is 1. The molecule has 0 aliphatic heterocycles. The maximum absolute atomic E-state index is 11.1. The van der Waals surface area contributed by atoms with Crippen molar-refractivity contribution in [2.24, 2.45) is 5.73 Å². The van der Waals surface area contributed by atoms with Gasteiger partial charge in [0.1, 0.15) is 0 Å². The highest BCUT2D eigenvalue weighted by Crippen LogP contribution is 2.04. The van der Waals surface area contributed by atoms with E-state index in [-0.39, 0.29) is 5.91 Å². The van der Waals surface area contributed by atoms with Crippen LogP contribution in [0.15, 0.2) is 24.3 Å². The second kappa shape index (κ2) is 6.19. The van der Waals surface area contributed by atoms with Crippen molar-refractivity contribution in [1.29, 1.82) is 0 Å². The van der Waals surface area contributed by atoms with Crippen LogP contribution in [0.2, 0.25) is 0 Å². The molecule has 0 fully saturated rings. The van der Waals surface area contributed by atoms with Gasteiger partial charge in [-0.3, -0.25) is 4.79 Å². The third-order valence-electron chi connectivity index (χ3n) is 2.29. The molecule has 0 aliphatic carbocycles. The summed E-state index contributed by atoms with van der Waals surface area (Å²) in [4.78, 5) is 11.1. The van der Waals surface area contributed by atoms with Crippen molar-refractivity contribution in [3.63, 3.8) is 0 Å². The van der Waals surface area contributed by atoms with Gasteiger partial charge in [0.15, 0.2) is 0 Å². The van der Waals surface area contributed by atoms with Crippen LogP contribution in [-0.4, -0.2) is 12.5 Å². The van der Waals surface area contributed by atoms with Gasteiger partial charge in [-0.15, -0.1) is 0 Å². The first-order chi connectivity index (χ1) is 7.26. The van der Waals surface area contributed by atoms with E-state index in [4.69, 9.17) is 5.73 Å². The predicted molar refractivity (Wildman–Crippen MR) is 61.3 cm³/mol. The van der Waals surface area contributed by atoms with Gasteiger partial charge in [0.2, 0.25) is 5.91 Å². The Morgan fingerprint density at radius 3 is 2.40 bits per heavy atom. The molecule has 15 heavy (non-hydrogen) atoms. The molecule has 0 radical (unpaired) electrons. The number of rotatable bonds is 5. The SMILES string of the molecule is CCc1ccc(CNC(=O)CCN)cc1. The summed E-state index contributed by atoms with van der Waals surface area (Å²) >= 11 is 0. The standard InChI is InChI=1S/C12H18N2O/c1-2-10-3-5-11(6-4-10)9-14-12(15)7-8-13/h3-6H,2,7-9,13H2,1H3,(H,14,15). The second-order valence-corrected chi connectivity index (χ2v) is 3.49. The molecular weight excluding hydrogens is 188 g/mol. The smallest absolute Gasteiger partial charge is 0.221 e. The number of carbonyl (C=O) groups excluding carboxylic acids is 1. The van der Waals surface area contributed by atoms with E-state index in [1.165, 1.54) is 5.56 Å². The maximum Gasteiger partial charge on any atom is 0.221 e. The van der Waals surface area contributed by atoms with E-state index in [9.17, 15) is 4.79 Å². The molecule has 0 saturated carbocycles. The van der Waals surface area contributed by atoms with Gasteiger partial charge in [-0.05, 0) is 17.5 Å². The summed E-state index contributed by atoms with van der Waals surface area (Å²) in [6.45, 7) is 3.11. The van der Waals surface area contributed by atoms with E-state index in [1.54, 1.807) is 0 Å². The van der Waals surface area contributed by atoms with E-state index < -0.39 is 0 Å². The number of aryl methyl sites for hydroxylation is 1. The van der Waals surface area contributed by atoms with Crippen LogP contribution in [-0.2, 0) is 17.8 Å². The van der Waals surface area contributed by atoms with Gasteiger partial charge in [0.05, 0.1) is 0 Å². The van der Waals surface area contributed by atoms with Gasteiger partial charge >= 0.3 is 0 Å². The van der Waals surface area contributed by atoms with Crippen molar-refractivity contribution in [3.8, 4) is 0 Å². The molecular formula is C12H18N2O. The van der Waals surface area contributed by atoms with Crippen molar-refractivity contribution < 1.29 is 4.79 Å². The van der Waals surface area contributed by atoms with Gasteiger partial charge in [-0.2, -0.15) is 0 Å². The zero-order valence-electron chi connectivity index (χ0n) is 9.12. The lowest BCUT2D eigenvalue weighted by Gasteiger charge is -2.05. The summed E-state index contributed by atoms with van der Waals surface area (Å²) in [5.74, 6) is 0.0112. The largest absolute Gasteiger partial charge is 0.352 e. The molecule has 0 spiro atoms. The zero-order valence-corrected chi connectivity index (χ0v) is 9.12. The summed E-state index contributed by atoms with van der Waals surface area (Å²) in [5.41, 5.74) is 7.71. The number of carbonyl (C=O) groups is 1.